The van der Waals surface area contributed by atoms with Gasteiger partial charge in [0, 0.05) is 18.8 Å². The van der Waals surface area contributed by atoms with E-state index in [4.69, 9.17) is 5.26 Å². The second-order valence-electron chi connectivity index (χ2n) is 6.11. The highest BCUT2D eigenvalue weighted by Gasteiger charge is 2.22. The Morgan fingerprint density at radius 2 is 2.16 bits per heavy atom. The highest BCUT2D eigenvalue weighted by Crippen LogP contribution is 2.18. The predicted octanol–water partition coefficient (Wildman–Crippen LogP) is 1.24. The summed E-state index contributed by atoms with van der Waals surface area (Å²) >= 11 is 0. The summed E-state index contributed by atoms with van der Waals surface area (Å²) in [6.45, 7) is 3.81. The fourth-order valence-electron chi connectivity index (χ4n) is 2.82. The van der Waals surface area contributed by atoms with Crippen molar-refractivity contribution in [2.45, 2.75) is 33.0 Å². The van der Waals surface area contributed by atoms with Gasteiger partial charge in [0.2, 0.25) is 10.0 Å². The Morgan fingerprint density at radius 1 is 1.36 bits per heavy atom. The smallest absolute Gasteiger partial charge is 0.211 e. The topological polar surface area (TPSA) is 104 Å². The number of fused-ring (bicyclic) bond motifs is 1. The summed E-state index contributed by atoms with van der Waals surface area (Å²) in [5.41, 5.74) is 2.97. The average Bonchev–Trinajstić information content (AvgIpc) is 2.82. The van der Waals surface area contributed by atoms with E-state index in [9.17, 15) is 8.42 Å². The van der Waals surface area contributed by atoms with Gasteiger partial charge in [-0.1, -0.05) is 0 Å². The van der Waals surface area contributed by atoms with Gasteiger partial charge in [0.05, 0.1) is 36.3 Å². The number of nitrogens with one attached hydrogen (secondary N) is 1. The SMILES string of the molecule is Cc1ccc(C#N)c(NCc2cc3n(n2)CCCN(S(C)(=O)=O)C3)n1. The Morgan fingerprint density at radius 3 is 2.88 bits per heavy atom. The molecule has 2 aromatic rings. The first-order valence-electron chi connectivity index (χ1n) is 7.99. The zero-order valence-corrected chi connectivity index (χ0v) is 15.0. The quantitative estimate of drug-likeness (QED) is 0.879. The molecule has 0 aromatic carbocycles. The molecule has 0 unspecified atom stereocenters. The summed E-state index contributed by atoms with van der Waals surface area (Å²) in [7, 11) is -3.22. The van der Waals surface area contributed by atoms with Crippen LogP contribution in [0.4, 0.5) is 5.82 Å². The van der Waals surface area contributed by atoms with Gasteiger partial charge in [-0.2, -0.15) is 14.7 Å². The monoisotopic (exact) mass is 360 g/mol. The lowest BCUT2D eigenvalue weighted by molar-refractivity contribution is 0.414. The van der Waals surface area contributed by atoms with E-state index in [2.05, 4.69) is 21.5 Å². The Bertz CT molecular complexity index is 929. The molecule has 0 spiro atoms. The first kappa shape index (κ1) is 17.4. The number of pyridine rings is 1. The maximum Gasteiger partial charge on any atom is 0.211 e. The third-order valence-electron chi connectivity index (χ3n) is 4.09. The molecule has 8 nitrogen and oxygen atoms in total. The van der Waals surface area contributed by atoms with Gasteiger partial charge in [0.15, 0.2) is 0 Å². The number of anilines is 1. The molecule has 132 valence electrons. The summed E-state index contributed by atoms with van der Waals surface area (Å²) < 4.78 is 27.0. The third-order valence-corrected chi connectivity index (χ3v) is 5.34. The summed E-state index contributed by atoms with van der Waals surface area (Å²) in [6, 6.07) is 7.54. The molecular formula is C16H20N6O2S. The van der Waals surface area contributed by atoms with Gasteiger partial charge in [-0.15, -0.1) is 0 Å². The highest BCUT2D eigenvalue weighted by molar-refractivity contribution is 7.88. The van der Waals surface area contributed by atoms with Crippen LogP contribution < -0.4 is 5.32 Å². The molecule has 3 heterocycles. The standard InChI is InChI=1S/C16H20N6O2S/c1-12-4-5-13(9-17)16(19-12)18-10-14-8-15-11-21(25(2,23)24)6-3-7-22(15)20-14/h4-5,8H,3,6-7,10-11H2,1-2H3,(H,18,19). The normalized spacial score (nSPS) is 15.2. The number of aromatic nitrogens is 3. The molecule has 0 saturated heterocycles. The first-order valence-corrected chi connectivity index (χ1v) is 9.84. The minimum absolute atomic E-state index is 0.331. The van der Waals surface area contributed by atoms with Crippen LogP contribution in [0.2, 0.25) is 0 Å². The van der Waals surface area contributed by atoms with Crippen molar-refractivity contribution in [2.24, 2.45) is 0 Å². The molecule has 0 bridgehead atoms. The molecule has 25 heavy (non-hydrogen) atoms. The summed E-state index contributed by atoms with van der Waals surface area (Å²) in [6.07, 6.45) is 1.96. The van der Waals surface area contributed by atoms with Crippen LogP contribution in [-0.2, 0) is 29.7 Å². The van der Waals surface area contributed by atoms with Gasteiger partial charge >= 0.3 is 0 Å². The van der Waals surface area contributed by atoms with Crippen molar-refractivity contribution in [1.29, 1.82) is 5.26 Å². The second-order valence-corrected chi connectivity index (χ2v) is 8.10. The van der Waals surface area contributed by atoms with Crippen molar-refractivity contribution in [1.82, 2.24) is 19.1 Å². The average molecular weight is 360 g/mol. The molecule has 2 aromatic heterocycles. The summed E-state index contributed by atoms with van der Waals surface area (Å²) in [5, 5.41) is 16.9. The van der Waals surface area contributed by atoms with Crippen LogP contribution >= 0.6 is 0 Å². The largest absolute Gasteiger partial charge is 0.363 e. The van der Waals surface area contributed by atoms with Crippen molar-refractivity contribution in [3.8, 4) is 6.07 Å². The van der Waals surface area contributed by atoms with E-state index in [0.29, 0.717) is 37.6 Å². The minimum Gasteiger partial charge on any atom is -0.363 e. The Labute approximate surface area is 147 Å². The lowest BCUT2D eigenvalue weighted by atomic mass is 10.2. The van der Waals surface area contributed by atoms with Crippen molar-refractivity contribution in [3.05, 3.63) is 40.8 Å². The van der Waals surface area contributed by atoms with E-state index in [1.807, 2.05) is 17.7 Å². The van der Waals surface area contributed by atoms with Crippen LogP contribution in [0.25, 0.3) is 0 Å². The predicted molar refractivity (Wildman–Crippen MR) is 93.1 cm³/mol. The van der Waals surface area contributed by atoms with Crippen molar-refractivity contribution in [3.63, 3.8) is 0 Å². The molecule has 1 aliphatic rings. The number of nitrogens with zero attached hydrogens (tertiary/aromatic N) is 5. The van der Waals surface area contributed by atoms with Crippen LogP contribution in [0.1, 0.15) is 29.1 Å². The lowest BCUT2D eigenvalue weighted by Gasteiger charge is -2.16. The van der Waals surface area contributed by atoms with Gasteiger partial charge in [-0.25, -0.2) is 13.4 Å². The maximum absolute atomic E-state index is 11.8. The van der Waals surface area contributed by atoms with Crippen molar-refractivity contribution >= 4 is 15.8 Å². The molecule has 1 aliphatic heterocycles. The van der Waals surface area contributed by atoms with E-state index in [1.165, 1.54) is 10.6 Å². The van der Waals surface area contributed by atoms with E-state index in [0.717, 1.165) is 23.5 Å². The fraction of sp³-hybridized carbons (Fsp3) is 0.438. The van der Waals surface area contributed by atoms with E-state index >= 15 is 0 Å². The fourth-order valence-corrected chi connectivity index (χ4v) is 3.65. The number of aryl methyl sites for hydroxylation is 2. The Kier molecular flexibility index (Phi) is 4.74. The number of sulfonamides is 1. The van der Waals surface area contributed by atoms with Gasteiger partial charge in [0.1, 0.15) is 11.9 Å². The van der Waals surface area contributed by atoms with E-state index < -0.39 is 10.0 Å². The zero-order chi connectivity index (χ0) is 18.0. The van der Waals surface area contributed by atoms with Crippen LogP contribution in [0.3, 0.4) is 0 Å². The van der Waals surface area contributed by atoms with Gasteiger partial charge in [-0.05, 0) is 31.5 Å². The van der Waals surface area contributed by atoms with Gasteiger partial charge in [-0.3, -0.25) is 4.68 Å². The van der Waals surface area contributed by atoms with E-state index in [1.54, 1.807) is 12.1 Å². The third kappa shape index (κ3) is 3.97. The Balaban J connectivity index is 1.76. The molecule has 9 heteroatoms. The van der Waals surface area contributed by atoms with Crippen molar-refractivity contribution < 1.29 is 8.42 Å². The summed E-state index contributed by atoms with van der Waals surface area (Å²) in [5.74, 6) is 0.531. The zero-order valence-electron chi connectivity index (χ0n) is 14.2. The van der Waals surface area contributed by atoms with Crippen LogP contribution in [0, 0.1) is 18.3 Å². The molecule has 0 radical (unpaired) electrons. The molecule has 0 aliphatic carbocycles. The number of rotatable bonds is 4. The highest BCUT2D eigenvalue weighted by atomic mass is 32.2. The molecule has 0 saturated carbocycles. The van der Waals surface area contributed by atoms with Gasteiger partial charge in [0.25, 0.3) is 0 Å². The molecule has 0 fully saturated rings. The minimum atomic E-state index is -3.22. The number of nitriles is 1. The summed E-state index contributed by atoms with van der Waals surface area (Å²) in [4.78, 5) is 4.34. The molecule has 0 amide bonds. The molecule has 0 atom stereocenters. The molecule has 3 rings (SSSR count). The Hall–Kier alpha value is -2.44. The van der Waals surface area contributed by atoms with Crippen LogP contribution in [-0.4, -0.2) is 40.3 Å². The molecular weight excluding hydrogens is 340 g/mol. The lowest BCUT2D eigenvalue weighted by Crippen LogP contribution is -2.29. The maximum atomic E-state index is 11.8. The first-order chi connectivity index (χ1) is 11.9. The molecule has 1 N–H and O–H groups in total. The van der Waals surface area contributed by atoms with Crippen molar-refractivity contribution in [2.75, 3.05) is 18.1 Å². The second kappa shape index (κ2) is 6.82. The van der Waals surface area contributed by atoms with Gasteiger partial charge < -0.3 is 5.32 Å². The van der Waals surface area contributed by atoms with Crippen LogP contribution in [0.15, 0.2) is 18.2 Å². The number of hydrogen-bond acceptors (Lipinski definition) is 6. The van der Waals surface area contributed by atoms with Crippen LogP contribution in [0.5, 0.6) is 0 Å². The van der Waals surface area contributed by atoms with E-state index in [-0.39, 0.29) is 0 Å². The number of hydrogen-bond donors (Lipinski definition) is 1.